The third-order valence-electron chi connectivity index (χ3n) is 4.00. The maximum absolute atomic E-state index is 13.5. The summed E-state index contributed by atoms with van der Waals surface area (Å²) in [7, 11) is -3.19. The van der Waals surface area contributed by atoms with Crippen LogP contribution in [-0.4, -0.2) is 14.7 Å². The van der Waals surface area contributed by atoms with Gasteiger partial charge in [-0.25, -0.2) is 12.8 Å². The Labute approximate surface area is 135 Å². The van der Waals surface area contributed by atoms with Gasteiger partial charge in [0.2, 0.25) is 0 Å². The molecule has 0 bridgehead atoms. The van der Waals surface area contributed by atoms with Crippen molar-refractivity contribution in [1.82, 2.24) is 0 Å². The highest BCUT2D eigenvalue weighted by molar-refractivity contribution is 7.90. The van der Waals surface area contributed by atoms with Crippen molar-refractivity contribution in [2.45, 2.75) is 18.2 Å². The Morgan fingerprint density at radius 2 is 1.48 bits per heavy atom. The second-order valence-electron chi connectivity index (χ2n) is 5.73. The number of allylic oxidation sites excluding steroid dienone is 4. The van der Waals surface area contributed by atoms with Gasteiger partial charge in [0.1, 0.15) is 5.82 Å². The van der Waals surface area contributed by atoms with Gasteiger partial charge in [0.05, 0.1) is 4.90 Å². The molecule has 0 spiro atoms. The monoisotopic (exact) mass is 328 g/mol. The molecular weight excluding hydrogens is 311 g/mol. The fourth-order valence-corrected chi connectivity index (χ4v) is 3.39. The smallest absolute Gasteiger partial charge is 0.175 e. The van der Waals surface area contributed by atoms with E-state index in [1.807, 2.05) is 18.2 Å². The van der Waals surface area contributed by atoms with Crippen molar-refractivity contribution in [1.29, 1.82) is 0 Å². The first kappa shape index (κ1) is 15.7. The van der Waals surface area contributed by atoms with Crippen LogP contribution in [0.2, 0.25) is 0 Å². The molecule has 0 atom stereocenters. The van der Waals surface area contributed by atoms with E-state index >= 15 is 0 Å². The Balaban J connectivity index is 1.97. The van der Waals surface area contributed by atoms with Gasteiger partial charge >= 0.3 is 0 Å². The molecule has 118 valence electrons. The molecule has 0 saturated carbocycles. The average molecular weight is 328 g/mol. The van der Waals surface area contributed by atoms with Gasteiger partial charge in [-0.2, -0.15) is 0 Å². The van der Waals surface area contributed by atoms with Gasteiger partial charge in [-0.05, 0) is 65.4 Å². The first-order valence-corrected chi connectivity index (χ1v) is 9.23. The van der Waals surface area contributed by atoms with E-state index in [-0.39, 0.29) is 5.82 Å². The van der Waals surface area contributed by atoms with E-state index in [0.717, 1.165) is 28.7 Å². The lowest BCUT2D eigenvalue weighted by molar-refractivity contribution is 0.602. The van der Waals surface area contributed by atoms with E-state index in [1.54, 1.807) is 25.1 Å². The predicted molar refractivity (Wildman–Crippen MR) is 91.3 cm³/mol. The van der Waals surface area contributed by atoms with Gasteiger partial charge in [-0.1, -0.05) is 30.4 Å². The maximum Gasteiger partial charge on any atom is 0.175 e. The Morgan fingerprint density at radius 3 is 2.04 bits per heavy atom. The molecular formula is C19H17FO2S. The molecule has 23 heavy (non-hydrogen) atoms. The Morgan fingerprint density at radius 1 is 0.913 bits per heavy atom. The minimum absolute atomic E-state index is 0.213. The SMILES string of the molecule is Cc1cc(C2=CCC=C2c2ccc(S(C)(=O)=O)cc2)ccc1F. The first-order chi connectivity index (χ1) is 10.9. The van der Waals surface area contributed by atoms with Gasteiger partial charge in [0, 0.05) is 6.26 Å². The van der Waals surface area contributed by atoms with Crippen LogP contribution < -0.4 is 0 Å². The molecule has 2 aromatic rings. The zero-order valence-electron chi connectivity index (χ0n) is 13.0. The molecule has 3 rings (SSSR count). The van der Waals surface area contributed by atoms with Crippen molar-refractivity contribution in [3.8, 4) is 0 Å². The zero-order valence-corrected chi connectivity index (χ0v) is 13.8. The average Bonchev–Trinajstić information content (AvgIpc) is 2.99. The number of halogens is 1. The quantitative estimate of drug-likeness (QED) is 0.836. The van der Waals surface area contributed by atoms with Crippen LogP contribution in [0, 0.1) is 12.7 Å². The highest BCUT2D eigenvalue weighted by Crippen LogP contribution is 2.37. The third kappa shape index (κ3) is 3.13. The third-order valence-corrected chi connectivity index (χ3v) is 5.13. The number of benzene rings is 2. The minimum atomic E-state index is -3.19. The molecule has 2 nitrogen and oxygen atoms in total. The summed E-state index contributed by atoms with van der Waals surface area (Å²) < 4.78 is 36.6. The van der Waals surface area contributed by atoms with Crippen molar-refractivity contribution in [3.63, 3.8) is 0 Å². The topological polar surface area (TPSA) is 34.1 Å². The van der Waals surface area contributed by atoms with Crippen LogP contribution in [0.5, 0.6) is 0 Å². The van der Waals surface area contributed by atoms with Gasteiger partial charge in [0.15, 0.2) is 9.84 Å². The maximum atomic E-state index is 13.5. The second-order valence-corrected chi connectivity index (χ2v) is 7.75. The molecule has 0 aliphatic heterocycles. The number of hydrogen-bond donors (Lipinski definition) is 0. The fraction of sp³-hybridized carbons (Fsp3) is 0.158. The summed E-state index contributed by atoms with van der Waals surface area (Å²) in [6, 6.07) is 12.0. The van der Waals surface area contributed by atoms with Crippen molar-refractivity contribution in [2.75, 3.05) is 6.26 Å². The molecule has 0 N–H and O–H groups in total. The lowest BCUT2D eigenvalue weighted by Gasteiger charge is -2.11. The number of rotatable bonds is 3. The summed E-state index contributed by atoms with van der Waals surface area (Å²) >= 11 is 0. The Hall–Kier alpha value is -2.20. The molecule has 0 saturated heterocycles. The van der Waals surface area contributed by atoms with Gasteiger partial charge in [0.25, 0.3) is 0 Å². The van der Waals surface area contributed by atoms with E-state index in [4.69, 9.17) is 0 Å². The Kier molecular flexibility index (Phi) is 3.94. The molecule has 4 heteroatoms. The zero-order chi connectivity index (χ0) is 16.6. The van der Waals surface area contributed by atoms with Crippen LogP contribution in [0.3, 0.4) is 0 Å². The number of sulfone groups is 1. The van der Waals surface area contributed by atoms with E-state index in [1.165, 1.54) is 12.3 Å². The van der Waals surface area contributed by atoms with Crippen LogP contribution in [0.15, 0.2) is 59.5 Å². The molecule has 1 aliphatic rings. The summed E-state index contributed by atoms with van der Waals surface area (Å²) in [5.41, 5.74) is 4.65. The first-order valence-electron chi connectivity index (χ1n) is 7.34. The largest absolute Gasteiger partial charge is 0.224 e. The van der Waals surface area contributed by atoms with Crippen molar-refractivity contribution >= 4 is 21.0 Å². The van der Waals surface area contributed by atoms with E-state index in [0.29, 0.717) is 10.5 Å². The predicted octanol–water partition coefficient (Wildman–Crippen LogP) is 4.41. The second kappa shape index (κ2) is 5.78. The lowest BCUT2D eigenvalue weighted by atomic mass is 9.94. The molecule has 0 amide bonds. The molecule has 2 aromatic carbocycles. The van der Waals surface area contributed by atoms with Crippen LogP contribution in [-0.2, 0) is 9.84 Å². The standard InChI is InChI=1S/C19H17FO2S/c1-13-12-15(8-11-19(13)20)18-5-3-4-17(18)14-6-9-16(10-7-14)23(2,21)22/h4-12H,3H2,1-2H3. The molecule has 0 heterocycles. The van der Waals surface area contributed by atoms with Crippen LogP contribution in [0.1, 0.15) is 23.1 Å². The summed E-state index contributed by atoms with van der Waals surface area (Å²) in [6.07, 6.45) is 6.22. The van der Waals surface area contributed by atoms with E-state index < -0.39 is 9.84 Å². The molecule has 1 aliphatic carbocycles. The molecule has 0 unspecified atom stereocenters. The summed E-state index contributed by atoms with van der Waals surface area (Å²) in [4.78, 5) is 0.308. The number of aryl methyl sites for hydroxylation is 1. The van der Waals surface area contributed by atoms with Crippen LogP contribution in [0.25, 0.3) is 11.1 Å². The molecule has 0 fully saturated rings. The van der Waals surface area contributed by atoms with E-state index in [9.17, 15) is 12.8 Å². The summed E-state index contributed by atoms with van der Waals surface area (Å²) in [6.45, 7) is 1.75. The lowest BCUT2D eigenvalue weighted by Crippen LogP contribution is -1.97. The minimum Gasteiger partial charge on any atom is -0.224 e. The summed E-state index contributed by atoms with van der Waals surface area (Å²) in [5.74, 6) is -0.213. The number of hydrogen-bond acceptors (Lipinski definition) is 2. The van der Waals surface area contributed by atoms with Gasteiger partial charge in [-0.3, -0.25) is 0 Å². The van der Waals surface area contributed by atoms with Crippen LogP contribution in [0.4, 0.5) is 4.39 Å². The van der Waals surface area contributed by atoms with Gasteiger partial charge in [-0.15, -0.1) is 0 Å². The molecule has 0 aromatic heterocycles. The van der Waals surface area contributed by atoms with Crippen LogP contribution >= 0.6 is 0 Å². The molecule has 0 radical (unpaired) electrons. The Bertz CT molecular complexity index is 920. The van der Waals surface area contributed by atoms with Crippen molar-refractivity contribution < 1.29 is 12.8 Å². The highest BCUT2D eigenvalue weighted by Gasteiger charge is 2.16. The van der Waals surface area contributed by atoms with Crippen molar-refractivity contribution in [2.24, 2.45) is 0 Å². The summed E-state index contributed by atoms with van der Waals surface area (Å²) in [5, 5.41) is 0. The van der Waals surface area contributed by atoms with Gasteiger partial charge < -0.3 is 0 Å². The normalized spacial score (nSPS) is 14.6. The highest BCUT2D eigenvalue weighted by atomic mass is 32.2. The van der Waals surface area contributed by atoms with E-state index in [2.05, 4.69) is 12.2 Å². The fourth-order valence-electron chi connectivity index (χ4n) is 2.76. The van der Waals surface area contributed by atoms with Crippen molar-refractivity contribution in [3.05, 3.63) is 77.1 Å².